The van der Waals surface area contributed by atoms with Crippen molar-refractivity contribution in [2.75, 3.05) is 7.11 Å². The first-order chi connectivity index (χ1) is 14.7. The number of hydrogen-bond donors (Lipinski definition) is 0. The zero-order valence-corrected chi connectivity index (χ0v) is 20.5. The predicted octanol–water partition coefficient (Wildman–Crippen LogP) is 6.17. The summed E-state index contributed by atoms with van der Waals surface area (Å²) in [6, 6.07) is 0. The lowest BCUT2D eigenvalue weighted by Crippen LogP contribution is -2.54. The molecule has 4 fully saturated rings. The minimum atomic E-state index is -0.117. The molecular weight excluding hydrogens is 388 g/mol. The number of methoxy groups -OCH3 is 1. The number of hydrogen-bond acceptors (Lipinski definition) is 4. The van der Waals surface area contributed by atoms with Crippen LogP contribution in [0.5, 0.6) is 0 Å². The summed E-state index contributed by atoms with van der Waals surface area (Å²) >= 11 is 0. The van der Waals surface area contributed by atoms with E-state index in [2.05, 4.69) is 20.8 Å². The Hall–Kier alpha value is -1.06. The van der Waals surface area contributed by atoms with Crippen molar-refractivity contribution >= 4 is 11.9 Å². The second-order valence-electron chi connectivity index (χ2n) is 12.0. The highest BCUT2D eigenvalue weighted by Gasteiger charge is 2.60. The molecule has 0 aromatic rings. The summed E-state index contributed by atoms with van der Waals surface area (Å²) in [4.78, 5) is 23.2. The first-order valence-corrected chi connectivity index (χ1v) is 12.9. The van der Waals surface area contributed by atoms with Crippen LogP contribution in [0.15, 0.2) is 0 Å². The van der Waals surface area contributed by atoms with Crippen molar-refractivity contribution in [2.45, 2.75) is 104 Å². The highest BCUT2D eigenvalue weighted by Crippen LogP contribution is 2.68. The minimum Gasteiger partial charge on any atom is -0.469 e. The van der Waals surface area contributed by atoms with Gasteiger partial charge >= 0.3 is 11.9 Å². The van der Waals surface area contributed by atoms with Gasteiger partial charge in [0, 0.05) is 13.3 Å². The fourth-order valence-electron chi connectivity index (χ4n) is 9.18. The van der Waals surface area contributed by atoms with Crippen molar-refractivity contribution in [1.29, 1.82) is 0 Å². The van der Waals surface area contributed by atoms with Gasteiger partial charge in [-0.05, 0) is 111 Å². The van der Waals surface area contributed by atoms with Gasteiger partial charge in [-0.15, -0.1) is 0 Å². The summed E-state index contributed by atoms with van der Waals surface area (Å²) in [5, 5.41) is 0. The number of fused-ring (bicyclic) bond motifs is 5. The van der Waals surface area contributed by atoms with Crippen LogP contribution in [0.2, 0.25) is 0 Å². The van der Waals surface area contributed by atoms with Gasteiger partial charge in [-0.1, -0.05) is 20.8 Å². The van der Waals surface area contributed by atoms with Crippen LogP contribution in [0.1, 0.15) is 98.3 Å². The van der Waals surface area contributed by atoms with Gasteiger partial charge < -0.3 is 9.47 Å². The molecule has 4 heteroatoms. The van der Waals surface area contributed by atoms with E-state index in [1.54, 1.807) is 6.92 Å². The van der Waals surface area contributed by atoms with Crippen molar-refractivity contribution in [3.8, 4) is 0 Å². The molecule has 4 nitrogen and oxygen atoms in total. The molecule has 0 heterocycles. The van der Waals surface area contributed by atoms with E-state index in [1.165, 1.54) is 52.1 Å². The van der Waals surface area contributed by atoms with E-state index < -0.39 is 0 Å². The minimum absolute atomic E-state index is 0.0640. The maximum Gasteiger partial charge on any atom is 0.305 e. The molecule has 176 valence electrons. The van der Waals surface area contributed by atoms with Crippen molar-refractivity contribution in [1.82, 2.24) is 0 Å². The van der Waals surface area contributed by atoms with Gasteiger partial charge in [0.25, 0.3) is 0 Å². The Morgan fingerprint density at radius 3 is 2.39 bits per heavy atom. The Morgan fingerprint density at radius 1 is 0.968 bits per heavy atom. The molecule has 4 aliphatic carbocycles. The smallest absolute Gasteiger partial charge is 0.305 e. The first-order valence-electron chi connectivity index (χ1n) is 12.9. The molecule has 0 aromatic heterocycles. The van der Waals surface area contributed by atoms with E-state index in [-0.39, 0.29) is 18.0 Å². The quantitative estimate of drug-likeness (QED) is 0.488. The van der Waals surface area contributed by atoms with Gasteiger partial charge in [0.1, 0.15) is 6.10 Å². The fraction of sp³-hybridized carbons (Fsp3) is 0.926. The maximum absolute atomic E-state index is 11.7. The highest BCUT2D eigenvalue weighted by molar-refractivity contribution is 5.69. The summed E-state index contributed by atoms with van der Waals surface area (Å²) in [5.41, 5.74) is 0.865. The zero-order chi connectivity index (χ0) is 22.4. The van der Waals surface area contributed by atoms with Gasteiger partial charge in [-0.2, -0.15) is 0 Å². The molecule has 0 radical (unpaired) electrons. The first kappa shape index (κ1) is 23.1. The van der Waals surface area contributed by atoms with Crippen LogP contribution in [0.25, 0.3) is 0 Å². The standard InChI is InChI=1S/C27H44O4/c1-17(6-11-25(29)30-5)22-9-10-23-21-8-7-19-16-20(31-18(2)28)12-14-26(19,3)24(21)13-15-27(22,23)4/h17,19-24H,6-16H2,1-5H3/t17-,19-,20-,21+,22-,23+,24+,26+,27-/m0/s1. The van der Waals surface area contributed by atoms with Crippen LogP contribution in [0, 0.1) is 46.3 Å². The average molecular weight is 433 g/mol. The largest absolute Gasteiger partial charge is 0.469 e. The highest BCUT2D eigenvalue weighted by atomic mass is 16.5. The molecule has 9 atom stereocenters. The Balaban J connectivity index is 1.45. The summed E-state index contributed by atoms with van der Waals surface area (Å²) in [5.74, 6) is 4.42. The van der Waals surface area contributed by atoms with E-state index in [0.717, 1.165) is 42.9 Å². The van der Waals surface area contributed by atoms with E-state index >= 15 is 0 Å². The number of carbonyl (C=O) groups excluding carboxylic acids is 2. The molecule has 0 aliphatic heterocycles. The van der Waals surface area contributed by atoms with Crippen LogP contribution in [0.4, 0.5) is 0 Å². The average Bonchev–Trinajstić information content (AvgIpc) is 3.09. The lowest BCUT2D eigenvalue weighted by molar-refractivity contribution is -0.160. The summed E-state index contributed by atoms with van der Waals surface area (Å²) in [7, 11) is 1.50. The Kier molecular flexibility index (Phi) is 6.49. The molecular formula is C27H44O4. The Labute approximate surface area is 189 Å². The van der Waals surface area contributed by atoms with Crippen LogP contribution < -0.4 is 0 Å². The lowest BCUT2D eigenvalue weighted by atomic mass is 9.44. The van der Waals surface area contributed by atoms with E-state index in [9.17, 15) is 9.59 Å². The monoisotopic (exact) mass is 432 g/mol. The topological polar surface area (TPSA) is 52.6 Å². The number of esters is 2. The molecule has 0 saturated heterocycles. The molecule has 0 bridgehead atoms. The van der Waals surface area contributed by atoms with Crippen LogP contribution in [0.3, 0.4) is 0 Å². The second-order valence-corrected chi connectivity index (χ2v) is 12.0. The summed E-state index contributed by atoms with van der Waals surface area (Å²) in [6.07, 6.45) is 13.1. The third-order valence-corrected chi connectivity index (χ3v) is 10.7. The molecule has 0 aromatic carbocycles. The third-order valence-electron chi connectivity index (χ3n) is 10.7. The van der Waals surface area contributed by atoms with Crippen molar-refractivity contribution < 1.29 is 19.1 Å². The van der Waals surface area contributed by atoms with Gasteiger partial charge in [0.2, 0.25) is 0 Å². The molecule has 31 heavy (non-hydrogen) atoms. The number of ether oxygens (including phenoxy) is 2. The van der Waals surface area contributed by atoms with Crippen LogP contribution in [-0.2, 0) is 19.1 Å². The number of rotatable bonds is 5. The van der Waals surface area contributed by atoms with Crippen LogP contribution >= 0.6 is 0 Å². The van der Waals surface area contributed by atoms with E-state index in [0.29, 0.717) is 29.1 Å². The zero-order valence-electron chi connectivity index (χ0n) is 20.5. The molecule has 4 aliphatic rings. The third kappa shape index (κ3) is 4.06. The molecule has 0 amide bonds. The normalized spacial score (nSPS) is 45.1. The summed E-state index contributed by atoms with van der Waals surface area (Å²) < 4.78 is 10.5. The second kappa shape index (κ2) is 8.71. The molecule has 4 saturated carbocycles. The molecule has 0 spiro atoms. The van der Waals surface area contributed by atoms with Crippen molar-refractivity contribution in [3.63, 3.8) is 0 Å². The Bertz CT molecular complexity index is 689. The molecule has 4 rings (SSSR count). The fourth-order valence-corrected chi connectivity index (χ4v) is 9.18. The van der Waals surface area contributed by atoms with Gasteiger partial charge in [-0.3, -0.25) is 9.59 Å². The lowest BCUT2D eigenvalue weighted by Gasteiger charge is -2.61. The number of carbonyl (C=O) groups is 2. The molecule has 0 N–H and O–H groups in total. The van der Waals surface area contributed by atoms with E-state index in [1.807, 2.05) is 0 Å². The van der Waals surface area contributed by atoms with Gasteiger partial charge in [0.15, 0.2) is 0 Å². The van der Waals surface area contributed by atoms with E-state index in [4.69, 9.17) is 9.47 Å². The predicted molar refractivity (Wildman–Crippen MR) is 121 cm³/mol. The van der Waals surface area contributed by atoms with Crippen molar-refractivity contribution in [2.24, 2.45) is 46.3 Å². The maximum atomic E-state index is 11.7. The van der Waals surface area contributed by atoms with Crippen molar-refractivity contribution in [3.05, 3.63) is 0 Å². The Morgan fingerprint density at radius 2 is 1.68 bits per heavy atom. The van der Waals surface area contributed by atoms with Gasteiger partial charge in [0.05, 0.1) is 7.11 Å². The van der Waals surface area contributed by atoms with Crippen LogP contribution in [-0.4, -0.2) is 25.2 Å². The summed E-state index contributed by atoms with van der Waals surface area (Å²) in [6.45, 7) is 9.09. The van der Waals surface area contributed by atoms with Gasteiger partial charge in [-0.25, -0.2) is 0 Å². The SMILES string of the molecule is COC(=O)CC[C@H](C)[C@@H]1CC[C@@H]2[C@H]3CC[C@H]4C[C@@H](OC(C)=O)CC[C@@]4(C)[C@@H]3CC[C@]21C. The molecule has 0 unspecified atom stereocenters.